The second-order valence-corrected chi connectivity index (χ2v) is 4.95. The van der Waals surface area contributed by atoms with E-state index in [4.69, 9.17) is 4.74 Å². The number of anilines is 1. The van der Waals surface area contributed by atoms with Gasteiger partial charge in [0.25, 0.3) is 11.8 Å². The maximum atomic E-state index is 12.3. The van der Waals surface area contributed by atoms with E-state index in [0.717, 1.165) is 5.56 Å². The van der Waals surface area contributed by atoms with Crippen molar-refractivity contribution in [2.24, 2.45) is 0 Å². The molecule has 0 spiro atoms. The molecule has 1 heterocycles. The summed E-state index contributed by atoms with van der Waals surface area (Å²) in [4.78, 5) is 28.3. The fourth-order valence-corrected chi connectivity index (χ4v) is 1.96. The molecule has 2 amide bonds. The first-order valence-electron chi connectivity index (χ1n) is 7.22. The average Bonchev–Trinajstić information content (AvgIpc) is 2.57. The molecule has 23 heavy (non-hydrogen) atoms. The van der Waals surface area contributed by atoms with Gasteiger partial charge in [-0.25, -0.2) is 0 Å². The molecule has 0 radical (unpaired) electrons. The van der Waals surface area contributed by atoms with Crippen LogP contribution in [0, 0.1) is 6.92 Å². The molecule has 0 saturated carbocycles. The second kappa shape index (κ2) is 8.05. The van der Waals surface area contributed by atoms with E-state index >= 15 is 0 Å². The Morgan fingerprint density at radius 3 is 2.70 bits per heavy atom. The van der Waals surface area contributed by atoms with Gasteiger partial charge in [0, 0.05) is 31.1 Å². The Kier molecular flexibility index (Phi) is 5.82. The molecule has 0 saturated heterocycles. The van der Waals surface area contributed by atoms with Gasteiger partial charge in [-0.1, -0.05) is 18.2 Å². The highest BCUT2D eigenvalue weighted by Crippen LogP contribution is 2.14. The fraction of sp³-hybridized carbons (Fsp3) is 0.235. The van der Waals surface area contributed by atoms with Crippen LogP contribution < -0.4 is 10.6 Å². The van der Waals surface area contributed by atoms with Crippen molar-refractivity contribution < 1.29 is 14.3 Å². The number of nitrogens with zero attached hydrogens (tertiary/aromatic N) is 1. The molecular formula is C17H19N3O3. The number of amides is 2. The maximum absolute atomic E-state index is 12.3. The van der Waals surface area contributed by atoms with E-state index in [2.05, 4.69) is 15.6 Å². The van der Waals surface area contributed by atoms with Crippen molar-refractivity contribution in [3.05, 3.63) is 59.4 Å². The molecular weight excluding hydrogens is 294 g/mol. The monoisotopic (exact) mass is 313 g/mol. The van der Waals surface area contributed by atoms with E-state index in [1.807, 2.05) is 31.2 Å². The summed E-state index contributed by atoms with van der Waals surface area (Å²) in [7, 11) is 1.56. The van der Waals surface area contributed by atoms with Crippen LogP contribution in [0.15, 0.2) is 42.6 Å². The summed E-state index contributed by atoms with van der Waals surface area (Å²) < 4.78 is 4.88. The molecule has 1 aromatic carbocycles. The van der Waals surface area contributed by atoms with Crippen molar-refractivity contribution in [2.75, 3.05) is 25.6 Å². The normalized spacial score (nSPS) is 10.2. The highest BCUT2D eigenvalue weighted by atomic mass is 16.5. The Bertz CT molecular complexity index is 701. The number of methoxy groups -OCH3 is 1. The van der Waals surface area contributed by atoms with Crippen LogP contribution in [0.2, 0.25) is 0 Å². The lowest BCUT2D eigenvalue weighted by molar-refractivity contribution is 0.0937. The number of aryl methyl sites for hydroxylation is 1. The molecule has 120 valence electrons. The number of hydrogen-bond donors (Lipinski definition) is 2. The van der Waals surface area contributed by atoms with E-state index in [-0.39, 0.29) is 17.5 Å². The zero-order chi connectivity index (χ0) is 16.7. The Balaban J connectivity index is 2.08. The van der Waals surface area contributed by atoms with Crippen molar-refractivity contribution in [3.63, 3.8) is 0 Å². The molecule has 6 heteroatoms. The van der Waals surface area contributed by atoms with Crippen LogP contribution in [0.4, 0.5) is 5.69 Å². The molecule has 2 aromatic rings. The number of nitrogens with one attached hydrogen (secondary N) is 2. The molecule has 0 bridgehead atoms. The Morgan fingerprint density at radius 2 is 1.96 bits per heavy atom. The van der Waals surface area contributed by atoms with Crippen LogP contribution in [-0.4, -0.2) is 37.1 Å². The molecule has 0 unspecified atom stereocenters. The molecule has 0 aliphatic heterocycles. The third kappa shape index (κ3) is 4.62. The first-order valence-corrected chi connectivity index (χ1v) is 7.22. The van der Waals surface area contributed by atoms with Gasteiger partial charge in [0.1, 0.15) is 5.69 Å². The Morgan fingerprint density at radius 1 is 1.17 bits per heavy atom. The highest BCUT2D eigenvalue weighted by Gasteiger charge is 2.12. The molecule has 0 aliphatic carbocycles. The molecule has 0 atom stereocenters. The molecule has 1 aromatic heterocycles. The van der Waals surface area contributed by atoms with E-state index in [1.165, 1.54) is 12.3 Å². The van der Waals surface area contributed by atoms with Gasteiger partial charge in [0.2, 0.25) is 0 Å². The maximum Gasteiger partial charge on any atom is 0.274 e. The Hall–Kier alpha value is -2.73. The van der Waals surface area contributed by atoms with Crippen LogP contribution in [0.5, 0.6) is 0 Å². The van der Waals surface area contributed by atoms with Gasteiger partial charge < -0.3 is 15.4 Å². The van der Waals surface area contributed by atoms with Gasteiger partial charge in [-0.3, -0.25) is 14.6 Å². The topological polar surface area (TPSA) is 80.3 Å². The number of hydrogen-bond acceptors (Lipinski definition) is 4. The minimum atomic E-state index is -0.356. The SMILES string of the molecule is COCCNC(=O)c1ccnc(C(=O)Nc2ccccc2C)c1. The number of ether oxygens (including phenoxy) is 1. The smallest absolute Gasteiger partial charge is 0.274 e. The summed E-state index contributed by atoms with van der Waals surface area (Å²) in [5.74, 6) is -0.625. The number of aromatic nitrogens is 1. The lowest BCUT2D eigenvalue weighted by Crippen LogP contribution is -2.27. The number of rotatable bonds is 6. The van der Waals surface area contributed by atoms with Crippen molar-refractivity contribution in [1.82, 2.24) is 10.3 Å². The number of carbonyl (C=O) groups is 2. The van der Waals surface area contributed by atoms with Crippen molar-refractivity contribution in [1.29, 1.82) is 0 Å². The third-order valence-electron chi connectivity index (χ3n) is 3.24. The summed E-state index contributed by atoms with van der Waals surface area (Å²) in [6, 6.07) is 10.5. The zero-order valence-corrected chi connectivity index (χ0v) is 13.1. The lowest BCUT2D eigenvalue weighted by Gasteiger charge is -2.09. The van der Waals surface area contributed by atoms with Gasteiger partial charge in [0.15, 0.2) is 0 Å². The first kappa shape index (κ1) is 16.6. The van der Waals surface area contributed by atoms with Crippen molar-refractivity contribution >= 4 is 17.5 Å². The quantitative estimate of drug-likeness (QED) is 0.800. The molecule has 0 fully saturated rings. The molecule has 6 nitrogen and oxygen atoms in total. The van der Waals surface area contributed by atoms with Gasteiger partial charge >= 0.3 is 0 Å². The van der Waals surface area contributed by atoms with E-state index in [1.54, 1.807) is 13.2 Å². The summed E-state index contributed by atoms with van der Waals surface area (Å²) in [6.07, 6.45) is 1.44. The molecule has 0 aliphatic rings. The number of pyridine rings is 1. The minimum absolute atomic E-state index is 0.188. The van der Waals surface area contributed by atoms with Crippen molar-refractivity contribution in [3.8, 4) is 0 Å². The number of benzene rings is 1. The Labute approximate surface area is 134 Å². The van der Waals surface area contributed by atoms with E-state index in [0.29, 0.717) is 24.4 Å². The minimum Gasteiger partial charge on any atom is -0.383 e. The average molecular weight is 313 g/mol. The summed E-state index contributed by atoms with van der Waals surface area (Å²) in [6.45, 7) is 2.74. The predicted molar refractivity (Wildman–Crippen MR) is 87.6 cm³/mol. The van der Waals surface area contributed by atoms with Gasteiger partial charge in [0.05, 0.1) is 6.61 Å². The summed E-state index contributed by atoms with van der Waals surface area (Å²) >= 11 is 0. The van der Waals surface area contributed by atoms with E-state index in [9.17, 15) is 9.59 Å². The largest absolute Gasteiger partial charge is 0.383 e. The lowest BCUT2D eigenvalue weighted by atomic mass is 10.2. The predicted octanol–water partition coefficient (Wildman–Crippen LogP) is 2.02. The number of para-hydroxylation sites is 1. The molecule has 2 N–H and O–H groups in total. The van der Waals surface area contributed by atoms with E-state index < -0.39 is 0 Å². The summed E-state index contributed by atoms with van der Waals surface area (Å²) in [5, 5.41) is 5.49. The molecule has 2 rings (SSSR count). The van der Waals surface area contributed by atoms with Crippen LogP contribution in [0.25, 0.3) is 0 Å². The van der Waals surface area contributed by atoms with Gasteiger partial charge in [-0.05, 0) is 30.7 Å². The van der Waals surface area contributed by atoms with Gasteiger partial charge in [-0.15, -0.1) is 0 Å². The van der Waals surface area contributed by atoms with Crippen LogP contribution in [0.1, 0.15) is 26.4 Å². The first-order chi connectivity index (χ1) is 11.1. The number of carbonyl (C=O) groups excluding carboxylic acids is 2. The van der Waals surface area contributed by atoms with Crippen molar-refractivity contribution in [2.45, 2.75) is 6.92 Å². The third-order valence-corrected chi connectivity index (χ3v) is 3.24. The zero-order valence-electron chi connectivity index (χ0n) is 13.1. The highest BCUT2D eigenvalue weighted by molar-refractivity contribution is 6.05. The summed E-state index contributed by atoms with van der Waals surface area (Å²) in [5.41, 5.74) is 2.24. The van der Waals surface area contributed by atoms with Crippen LogP contribution in [0.3, 0.4) is 0 Å². The van der Waals surface area contributed by atoms with Crippen LogP contribution >= 0.6 is 0 Å². The van der Waals surface area contributed by atoms with Crippen LogP contribution in [-0.2, 0) is 4.74 Å². The fourth-order valence-electron chi connectivity index (χ4n) is 1.96. The van der Waals surface area contributed by atoms with Gasteiger partial charge in [-0.2, -0.15) is 0 Å². The standard InChI is InChI=1S/C17H19N3O3/c1-12-5-3-4-6-14(12)20-17(22)15-11-13(7-8-18-15)16(21)19-9-10-23-2/h3-8,11H,9-10H2,1-2H3,(H,19,21)(H,20,22). The second-order valence-electron chi connectivity index (χ2n) is 4.95.